The molecule has 2 heterocycles. The number of imide groups is 1. The molecule has 2 saturated heterocycles. The van der Waals surface area contributed by atoms with E-state index in [1.54, 1.807) is 0 Å². The first-order valence-corrected chi connectivity index (χ1v) is 10.9. The third kappa shape index (κ3) is 4.09. The van der Waals surface area contributed by atoms with E-state index >= 15 is 0 Å². The van der Waals surface area contributed by atoms with Crippen LogP contribution in [0.4, 0.5) is 5.69 Å². The molecule has 3 N–H and O–H groups in total. The van der Waals surface area contributed by atoms with Crippen LogP contribution in [0.15, 0.2) is 53.0 Å². The van der Waals surface area contributed by atoms with E-state index in [0.717, 1.165) is 42.5 Å². The number of rotatable bonds is 4. The summed E-state index contributed by atoms with van der Waals surface area (Å²) in [6, 6.07) is 16.1. The van der Waals surface area contributed by atoms with Crippen molar-refractivity contribution in [3.63, 3.8) is 0 Å². The molecule has 0 radical (unpaired) electrons. The molecule has 0 unspecified atom stereocenters. The molecule has 2 amide bonds. The zero-order valence-corrected chi connectivity index (χ0v) is 18.0. The third-order valence-corrected chi connectivity index (χ3v) is 6.94. The average molecular weight is 456 g/mol. The van der Waals surface area contributed by atoms with Gasteiger partial charge in [0, 0.05) is 23.1 Å². The standard InChI is InChI=1S/C23H26BrN3O2/c24-19-6-4-16(5-7-19)15-27-12-9-17(10-13-27)23(11-8-21(28)26-22(23)29)18-2-1-3-20(25)14-18/h1-7,14,17H,8-13,15,25H2,(H,26,28,29)/t23-/m1/s1. The summed E-state index contributed by atoms with van der Waals surface area (Å²) < 4.78 is 1.09. The smallest absolute Gasteiger partial charge is 0.237 e. The van der Waals surface area contributed by atoms with Crippen LogP contribution in [0.3, 0.4) is 0 Å². The fourth-order valence-electron chi connectivity index (χ4n) is 4.87. The van der Waals surface area contributed by atoms with Gasteiger partial charge in [0.2, 0.25) is 11.8 Å². The third-order valence-electron chi connectivity index (χ3n) is 6.41. The van der Waals surface area contributed by atoms with Crippen molar-refractivity contribution in [2.45, 2.75) is 37.6 Å². The zero-order valence-electron chi connectivity index (χ0n) is 16.4. The lowest BCUT2D eigenvalue weighted by Crippen LogP contribution is -2.57. The van der Waals surface area contributed by atoms with Gasteiger partial charge in [-0.05, 0) is 73.7 Å². The molecule has 0 spiro atoms. The number of nitrogens with one attached hydrogen (secondary N) is 1. The van der Waals surface area contributed by atoms with E-state index < -0.39 is 5.41 Å². The Kier molecular flexibility index (Phi) is 5.74. The largest absolute Gasteiger partial charge is 0.399 e. The number of hydrogen-bond donors (Lipinski definition) is 2. The maximum atomic E-state index is 13.2. The van der Waals surface area contributed by atoms with Gasteiger partial charge in [-0.1, -0.05) is 40.2 Å². The van der Waals surface area contributed by atoms with Gasteiger partial charge in [-0.2, -0.15) is 0 Å². The van der Waals surface area contributed by atoms with E-state index in [-0.39, 0.29) is 17.7 Å². The number of anilines is 1. The van der Waals surface area contributed by atoms with Gasteiger partial charge >= 0.3 is 0 Å². The number of amides is 2. The summed E-state index contributed by atoms with van der Waals surface area (Å²) in [7, 11) is 0. The molecule has 2 aromatic rings. The number of nitrogen functional groups attached to an aromatic ring is 1. The second kappa shape index (κ2) is 8.28. The van der Waals surface area contributed by atoms with E-state index in [9.17, 15) is 9.59 Å². The maximum absolute atomic E-state index is 13.2. The van der Waals surface area contributed by atoms with Gasteiger partial charge in [0.05, 0.1) is 5.41 Å². The van der Waals surface area contributed by atoms with Gasteiger partial charge in [0.25, 0.3) is 0 Å². The Morgan fingerprint density at radius 1 is 1.10 bits per heavy atom. The topological polar surface area (TPSA) is 75.4 Å². The molecule has 152 valence electrons. The van der Waals surface area contributed by atoms with Crippen molar-refractivity contribution in [2.24, 2.45) is 5.92 Å². The number of halogens is 1. The second-order valence-electron chi connectivity index (χ2n) is 8.15. The number of carbonyl (C=O) groups excluding carboxylic acids is 2. The molecule has 2 fully saturated rings. The zero-order chi connectivity index (χ0) is 20.4. The molecule has 0 aromatic heterocycles. The van der Waals surface area contributed by atoms with Crippen LogP contribution in [0.5, 0.6) is 0 Å². The van der Waals surface area contributed by atoms with E-state index in [1.807, 2.05) is 24.3 Å². The molecule has 1 atom stereocenters. The first kappa shape index (κ1) is 20.1. The number of nitrogens with zero attached hydrogens (tertiary/aromatic N) is 1. The summed E-state index contributed by atoms with van der Waals surface area (Å²) in [6.07, 6.45) is 2.78. The highest BCUT2D eigenvalue weighted by molar-refractivity contribution is 9.10. The fourth-order valence-corrected chi connectivity index (χ4v) is 5.14. The maximum Gasteiger partial charge on any atom is 0.237 e. The van der Waals surface area contributed by atoms with Gasteiger partial charge in [0.15, 0.2) is 0 Å². The monoisotopic (exact) mass is 455 g/mol. The molecule has 2 aliphatic heterocycles. The van der Waals surface area contributed by atoms with Crippen molar-refractivity contribution >= 4 is 33.4 Å². The first-order valence-electron chi connectivity index (χ1n) is 10.1. The van der Waals surface area contributed by atoms with E-state index in [0.29, 0.717) is 18.5 Å². The van der Waals surface area contributed by atoms with Crippen molar-refractivity contribution in [2.75, 3.05) is 18.8 Å². The van der Waals surface area contributed by atoms with Crippen LogP contribution in [0.1, 0.15) is 36.8 Å². The Morgan fingerprint density at radius 3 is 2.48 bits per heavy atom. The molecular formula is C23H26BrN3O2. The number of likely N-dealkylation sites (tertiary alicyclic amines) is 1. The number of piperidine rings is 2. The Bertz CT molecular complexity index is 907. The molecule has 4 rings (SSSR count). The quantitative estimate of drug-likeness (QED) is 0.545. The van der Waals surface area contributed by atoms with E-state index in [4.69, 9.17) is 5.73 Å². The number of benzene rings is 2. The lowest BCUT2D eigenvalue weighted by molar-refractivity contribution is -0.140. The van der Waals surface area contributed by atoms with Crippen LogP contribution < -0.4 is 11.1 Å². The van der Waals surface area contributed by atoms with Crippen molar-refractivity contribution in [3.8, 4) is 0 Å². The summed E-state index contributed by atoms with van der Waals surface area (Å²) in [5.41, 5.74) is 8.24. The number of nitrogens with two attached hydrogens (primary N) is 1. The molecule has 6 heteroatoms. The molecule has 0 bridgehead atoms. The molecule has 29 heavy (non-hydrogen) atoms. The number of carbonyl (C=O) groups is 2. The Balaban J connectivity index is 1.53. The van der Waals surface area contributed by atoms with Crippen LogP contribution in [-0.2, 0) is 21.5 Å². The van der Waals surface area contributed by atoms with Gasteiger partial charge in [-0.3, -0.25) is 19.8 Å². The molecule has 0 aliphatic carbocycles. The van der Waals surface area contributed by atoms with Gasteiger partial charge in [-0.25, -0.2) is 0 Å². The minimum absolute atomic E-state index is 0.161. The minimum atomic E-state index is -0.674. The summed E-state index contributed by atoms with van der Waals surface area (Å²) >= 11 is 3.48. The average Bonchev–Trinajstić information content (AvgIpc) is 2.71. The Hall–Kier alpha value is -2.18. The summed E-state index contributed by atoms with van der Waals surface area (Å²) in [5, 5.41) is 2.61. The highest BCUT2D eigenvalue weighted by Crippen LogP contribution is 2.44. The summed E-state index contributed by atoms with van der Waals surface area (Å²) in [6.45, 7) is 2.79. The van der Waals surface area contributed by atoms with Crippen LogP contribution in [0.2, 0.25) is 0 Å². The lowest BCUT2D eigenvalue weighted by Gasteiger charge is -2.45. The molecule has 2 aromatic carbocycles. The van der Waals surface area contributed by atoms with Crippen LogP contribution in [0, 0.1) is 5.92 Å². The summed E-state index contributed by atoms with van der Waals surface area (Å²) in [4.78, 5) is 27.4. The summed E-state index contributed by atoms with van der Waals surface area (Å²) in [5.74, 6) is -0.147. The number of hydrogen-bond acceptors (Lipinski definition) is 4. The lowest BCUT2D eigenvalue weighted by atomic mass is 9.62. The SMILES string of the molecule is Nc1cccc([C@]2(C3CCN(Cc4ccc(Br)cc4)CC3)CCC(=O)NC2=O)c1. The predicted molar refractivity (Wildman–Crippen MR) is 117 cm³/mol. The van der Waals surface area contributed by atoms with Crippen LogP contribution in [0.25, 0.3) is 0 Å². The van der Waals surface area contributed by atoms with Crippen molar-refractivity contribution in [1.82, 2.24) is 10.2 Å². The Labute approximate surface area is 179 Å². The first-order chi connectivity index (χ1) is 14.0. The normalized spacial score (nSPS) is 23.8. The van der Waals surface area contributed by atoms with Crippen LogP contribution >= 0.6 is 15.9 Å². The fraction of sp³-hybridized carbons (Fsp3) is 0.391. The van der Waals surface area contributed by atoms with Gasteiger partial charge in [-0.15, -0.1) is 0 Å². The van der Waals surface area contributed by atoms with Gasteiger partial charge < -0.3 is 5.73 Å². The van der Waals surface area contributed by atoms with Gasteiger partial charge in [0.1, 0.15) is 0 Å². The molecule has 5 nitrogen and oxygen atoms in total. The van der Waals surface area contributed by atoms with E-state index in [1.165, 1.54) is 5.56 Å². The van der Waals surface area contributed by atoms with Crippen molar-refractivity contribution in [1.29, 1.82) is 0 Å². The molecule has 0 saturated carbocycles. The minimum Gasteiger partial charge on any atom is -0.399 e. The molecular weight excluding hydrogens is 430 g/mol. The highest BCUT2D eigenvalue weighted by Gasteiger charge is 2.50. The van der Waals surface area contributed by atoms with Crippen LogP contribution in [-0.4, -0.2) is 29.8 Å². The van der Waals surface area contributed by atoms with Crippen molar-refractivity contribution in [3.05, 3.63) is 64.1 Å². The predicted octanol–water partition coefficient (Wildman–Crippen LogP) is 3.62. The second-order valence-corrected chi connectivity index (χ2v) is 9.07. The molecule has 2 aliphatic rings. The highest BCUT2D eigenvalue weighted by atomic mass is 79.9. The Morgan fingerprint density at radius 2 is 1.83 bits per heavy atom. The van der Waals surface area contributed by atoms with Crippen molar-refractivity contribution < 1.29 is 9.59 Å². The van der Waals surface area contributed by atoms with E-state index in [2.05, 4.69) is 50.4 Å².